The molecule has 0 aromatic heterocycles. The van der Waals surface area contributed by atoms with Crippen molar-refractivity contribution in [3.63, 3.8) is 0 Å². The molecule has 4 atom stereocenters. The summed E-state index contributed by atoms with van der Waals surface area (Å²) in [6, 6.07) is 0.741. The highest BCUT2D eigenvalue weighted by Crippen LogP contribution is 2.26. The third-order valence-electron chi connectivity index (χ3n) is 4.53. The highest BCUT2D eigenvalue weighted by atomic mass is 16.5. The Morgan fingerprint density at radius 1 is 1.17 bits per heavy atom. The summed E-state index contributed by atoms with van der Waals surface area (Å²) in [4.78, 5) is 2.64. The van der Waals surface area contributed by atoms with Gasteiger partial charge in [-0.1, -0.05) is 13.8 Å². The number of likely N-dealkylation sites (tertiary alicyclic amines) is 1. The van der Waals surface area contributed by atoms with Gasteiger partial charge >= 0.3 is 0 Å². The van der Waals surface area contributed by atoms with Gasteiger partial charge in [0, 0.05) is 19.1 Å². The molecule has 2 aliphatic heterocycles. The van der Waals surface area contributed by atoms with Crippen LogP contribution in [0.15, 0.2) is 0 Å². The average molecular weight is 254 g/mol. The molecule has 18 heavy (non-hydrogen) atoms. The minimum absolute atomic E-state index is 0.453. The largest absolute Gasteiger partial charge is 0.372 e. The molecule has 2 saturated heterocycles. The second kappa shape index (κ2) is 6.88. The van der Waals surface area contributed by atoms with Gasteiger partial charge in [-0.25, -0.2) is 0 Å². The molecule has 4 unspecified atom stereocenters. The van der Waals surface area contributed by atoms with Crippen LogP contribution < -0.4 is 5.32 Å². The number of hydrogen-bond donors (Lipinski definition) is 1. The van der Waals surface area contributed by atoms with Crippen LogP contribution in [0.4, 0.5) is 0 Å². The number of nitrogens with zero attached hydrogens (tertiary/aromatic N) is 1. The van der Waals surface area contributed by atoms with E-state index in [1.165, 1.54) is 32.2 Å². The fourth-order valence-electron chi connectivity index (χ4n) is 3.36. The SMILES string of the molecule is CCNCC1CCC(CN2CCC(C)CC2C)O1. The van der Waals surface area contributed by atoms with Crippen molar-refractivity contribution in [2.45, 2.75) is 64.7 Å². The highest BCUT2D eigenvalue weighted by Gasteiger charge is 2.30. The second-order valence-corrected chi connectivity index (χ2v) is 6.24. The molecule has 1 N–H and O–H groups in total. The van der Waals surface area contributed by atoms with Crippen LogP contribution in [-0.4, -0.2) is 49.3 Å². The van der Waals surface area contributed by atoms with Crippen molar-refractivity contribution in [2.24, 2.45) is 5.92 Å². The predicted molar refractivity (Wildman–Crippen MR) is 75.9 cm³/mol. The van der Waals surface area contributed by atoms with E-state index in [2.05, 4.69) is 31.0 Å². The van der Waals surface area contributed by atoms with Crippen molar-refractivity contribution in [1.29, 1.82) is 0 Å². The fraction of sp³-hybridized carbons (Fsp3) is 1.00. The number of nitrogens with one attached hydrogen (secondary N) is 1. The Kier molecular flexibility index (Phi) is 5.46. The molecule has 0 bridgehead atoms. The molecule has 106 valence electrons. The Balaban J connectivity index is 1.70. The highest BCUT2D eigenvalue weighted by molar-refractivity contribution is 4.82. The number of piperidine rings is 1. The zero-order valence-corrected chi connectivity index (χ0v) is 12.3. The van der Waals surface area contributed by atoms with E-state index in [0.717, 1.165) is 31.6 Å². The van der Waals surface area contributed by atoms with Crippen molar-refractivity contribution >= 4 is 0 Å². The maximum Gasteiger partial charge on any atom is 0.0707 e. The summed E-state index contributed by atoms with van der Waals surface area (Å²) in [7, 11) is 0. The van der Waals surface area contributed by atoms with Gasteiger partial charge in [-0.3, -0.25) is 4.90 Å². The number of likely N-dealkylation sites (N-methyl/N-ethyl adjacent to an activating group) is 1. The maximum atomic E-state index is 6.14. The van der Waals surface area contributed by atoms with Gasteiger partial charge in [-0.2, -0.15) is 0 Å². The summed E-state index contributed by atoms with van der Waals surface area (Å²) in [6.07, 6.45) is 6.12. The molecular formula is C15H30N2O. The Morgan fingerprint density at radius 3 is 2.67 bits per heavy atom. The lowest BCUT2D eigenvalue weighted by Gasteiger charge is -2.37. The first-order valence-electron chi connectivity index (χ1n) is 7.79. The van der Waals surface area contributed by atoms with E-state index in [4.69, 9.17) is 4.74 Å². The molecule has 2 rings (SSSR count). The van der Waals surface area contributed by atoms with Gasteiger partial charge in [0.1, 0.15) is 0 Å². The number of rotatable bonds is 5. The Bertz CT molecular complexity index is 247. The molecule has 0 aliphatic carbocycles. The van der Waals surface area contributed by atoms with Crippen LogP contribution in [-0.2, 0) is 4.74 Å². The lowest BCUT2D eigenvalue weighted by atomic mass is 9.93. The maximum absolute atomic E-state index is 6.14. The lowest BCUT2D eigenvalue weighted by molar-refractivity contribution is 0.00538. The molecule has 2 fully saturated rings. The van der Waals surface area contributed by atoms with E-state index in [9.17, 15) is 0 Å². The first kappa shape index (κ1) is 14.3. The van der Waals surface area contributed by atoms with Gasteiger partial charge in [0.2, 0.25) is 0 Å². The standard InChI is InChI=1S/C15H30N2O/c1-4-16-10-14-5-6-15(18-14)11-17-8-7-12(2)9-13(17)3/h12-16H,4-11H2,1-3H3. The van der Waals surface area contributed by atoms with Crippen LogP contribution >= 0.6 is 0 Å². The smallest absolute Gasteiger partial charge is 0.0707 e. The molecular weight excluding hydrogens is 224 g/mol. The van der Waals surface area contributed by atoms with Crippen molar-refractivity contribution in [2.75, 3.05) is 26.2 Å². The molecule has 3 nitrogen and oxygen atoms in total. The van der Waals surface area contributed by atoms with E-state index in [0.29, 0.717) is 12.2 Å². The summed E-state index contributed by atoms with van der Waals surface area (Å²) in [6.45, 7) is 11.4. The quantitative estimate of drug-likeness (QED) is 0.814. The molecule has 3 heteroatoms. The van der Waals surface area contributed by atoms with Crippen LogP contribution in [0.5, 0.6) is 0 Å². The van der Waals surface area contributed by atoms with E-state index in [-0.39, 0.29) is 0 Å². The van der Waals surface area contributed by atoms with E-state index < -0.39 is 0 Å². The summed E-state index contributed by atoms with van der Waals surface area (Å²) in [5.74, 6) is 0.905. The van der Waals surface area contributed by atoms with Crippen molar-refractivity contribution < 1.29 is 4.74 Å². The second-order valence-electron chi connectivity index (χ2n) is 6.24. The van der Waals surface area contributed by atoms with Crippen molar-refractivity contribution in [1.82, 2.24) is 10.2 Å². The Hall–Kier alpha value is -0.120. The third kappa shape index (κ3) is 3.94. The molecule has 0 saturated carbocycles. The first-order chi connectivity index (χ1) is 8.69. The molecule has 0 spiro atoms. The van der Waals surface area contributed by atoms with Gasteiger partial charge in [-0.05, 0) is 51.6 Å². The van der Waals surface area contributed by atoms with E-state index >= 15 is 0 Å². The zero-order chi connectivity index (χ0) is 13.0. The van der Waals surface area contributed by atoms with Crippen LogP contribution in [0, 0.1) is 5.92 Å². The molecule has 0 amide bonds. The Morgan fingerprint density at radius 2 is 1.94 bits per heavy atom. The van der Waals surface area contributed by atoms with Gasteiger partial charge in [0.05, 0.1) is 12.2 Å². The summed E-state index contributed by atoms with van der Waals surface area (Å²) in [5, 5.41) is 3.39. The van der Waals surface area contributed by atoms with Crippen LogP contribution in [0.2, 0.25) is 0 Å². The Labute approximate surface area is 112 Å². The van der Waals surface area contributed by atoms with Gasteiger partial charge < -0.3 is 10.1 Å². The third-order valence-corrected chi connectivity index (χ3v) is 4.53. The summed E-state index contributed by atoms with van der Waals surface area (Å²) < 4.78 is 6.14. The van der Waals surface area contributed by atoms with E-state index in [1.807, 2.05) is 0 Å². The van der Waals surface area contributed by atoms with Crippen LogP contribution in [0.25, 0.3) is 0 Å². The molecule has 0 aromatic rings. The van der Waals surface area contributed by atoms with E-state index in [1.54, 1.807) is 0 Å². The van der Waals surface area contributed by atoms with Gasteiger partial charge in [0.25, 0.3) is 0 Å². The fourth-order valence-corrected chi connectivity index (χ4v) is 3.36. The molecule has 2 heterocycles. The van der Waals surface area contributed by atoms with Crippen molar-refractivity contribution in [3.8, 4) is 0 Å². The van der Waals surface area contributed by atoms with Gasteiger partial charge in [0.15, 0.2) is 0 Å². The lowest BCUT2D eigenvalue weighted by Crippen LogP contribution is -2.44. The molecule has 2 aliphatic rings. The zero-order valence-electron chi connectivity index (χ0n) is 12.3. The monoisotopic (exact) mass is 254 g/mol. The normalized spacial score (nSPS) is 38.2. The van der Waals surface area contributed by atoms with Crippen LogP contribution in [0.1, 0.15) is 46.5 Å². The molecule has 0 aromatic carbocycles. The summed E-state index contributed by atoms with van der Waals surface area (Å²) in [5.41, 5.74) is 0. The number of ether oxygens (including phenoxy) is 1. The minimum Gasteiger partial charge on any atom is -0.372 e. The van der Waals surface area contributed by atoms with Crippen molar-refractivity contribution in [3.05, 3.63) is 0 Å². The molecule has 0 radical (unpaired) electrons. The average Bonchev–Trinajstić information content (AvgIpc) is 2.78. The van der Waals surface area contributed by atoms with Crippen LogP contribution in [0.3, 0.4) is 0 Å². The number of hydrogen-bond acceptors (Lipinski definition) is 3. The summed E-state index contributed by atoms with van der Waals surface area (Å²) >= 11 is 0. The first-order valence-corrected chi connectivity index (χ1v) is 7.79. The van der Waals surface area contributed by atoms with Gasteiger partial charge in [-0.15, -0.1) is 0 Å². The predicted octanol–water partition coefficient (Wildman–Crippen LogP) is 2.26. The minimum atomic E-state index is 0.453. The topological polar surface area (TPSA) is 24.5 Å².